The first kappa shape index (κ1) is 13.8. The number of hydrogen-bond donors (Lipinski definition) is 0. The van der Waals surface area contributed by atoms with Gasteiger partial charge in [-0.3, -0.25) is 4.79 Å². The Bertz CT molecular complexity index is 426. The van der Waals surface area contributed by atoms with Crippen molar-refractivity contribution >= 4 is 18.0 Å². The minimum Gasteiger partial charge on any atom is -0.443 e. The summed E-state index contributed by atoms with van der Waals surface area (Å²) in [7, 11) is 0. The molecule has 7 heteroatoms. The third-order valence-electron chi connectivity index (χ3n) is 2.76. The summed E-state index contributed by atoms with van der Waals surface area (Å²) < 4.78 is 15.3. The van der Waals surface area contributed by atoms with Crippen LogP contribution >= 0.6 is 0 Å². The fourth-order valence-corrected chi connectivity index (χ4v) is 1.92. The monoisotopic (exact) mass is 271 g/mol. The van der Waals surface area contributed by atoms with E-state index in [9.17, 15) is 14.4 Å². The summed E-state index contributed by atoms with van der Waals surface area (Å²) in [5.41, 5.74) is -0.732. The number of carbonyl (C=O) groups excluding carboxylic acids is 3. The van der Waals surface area contributed by atoms with Crippen LogP contribution in [0.2, 0.25) is 0 Å². The smallest absolute Gasteiger partial charge is 0.422 e. The molecule has 0 saturated carbocycles. The first-order valence-electron chi connectivity index (χ1n) is 6.14. The lowest BCUT2D eigenvalue weighted by Gasteiger charge is -2.29. The zero-order valence-corrected chi connectivity index (χ0v) is 11.2. The summed E-state index contributed by atoms with van der Waals surface area (Å²) in [6.45, 7) is 5.12. The second kappa shape index (κ2) is 4.48. The van der Waals surface area contributed by atoms with Gasteiger partial charge in [0.25, 0.3) is 5.79 Å². The topological polar surface area (TPSA) is 82.1 Å². The molecule has 0 aromatic carbocycles. The van der Waals surface area contributed by atoms with Gasteiger partial charge in [-0.15, -0.1) is 0 Å². The summed E-state index contributed by atoms with van der Waals surface area (Å²) >= 11 is 0. The Morgan fingerprint density at radius 1 is 1.37 bits per heavy atom. The summed E-state index contributed by atoms with van der Waals surface area (Å²) in [6.07, 6.45) is -0.888. The highest BCUT2D eigenvalue weighted by molar-refractivity contribution is 5.96. The maximum absolute atomic E-state index is 11.8. The van der Waals surface area contributed by atoms with E-state index in [0.717, 1.165) is 4.90 Å². The lowest BCUT2D eigenvalue weighted by atomic mass is 10.0. The average Bonchev–Trinajstić information content (AvgIpc) is 2.59. The first-order chi connectivity index (χ1) is 8.73. The third kappa shape index (κ3) is 2.70. The second-order valence-corrected chi connectivity index (χ2v) is 5.56. The van der Waals surface area contributed by atoms with Gasteiger partial charge in [-0.05, 0) is 27.2 Å². The summed E-state index contributed by atoms with van der Waals surface area (Å²) in [5.74, 6) is -1.95. The van der Waals surface area contributed by atoms with Gasteiger partial charge < -0.3 is 14.2 Å². The molecule has 0 N–H and O–H groups in total. The zero-order chi connectivity index (χ0) is 14.3. The minimum absolute atomic E-state index is 0.250. The normalized spacial score (nSPS) is 27.6. The molecular formula is C12H17NO6. The zero-order valence-electron chi connectivity index (χ0n) is 11.2. The lowest BCUT2D eigenvalue weighted by Crippen LogP contribution is -2.49. The molecule has 2 aliphatic rings. The number of amides is 2. The van der Waals surface area contributed by atoms with Gasteiger partial charge in [-0.25, -0.2) is 14.5 Å². The van der Waals surface area contributed by atoms with E-state index in [2.05, 4.69) is 0 Å². The van der Waals surface area contributed by atoms with Gasteiger partial charge in [0.15, 0.2) is 0 Å². The van der Waals surface area contributed by atoms with Crippen LogP contribution in [0.1, 0.15) is 33.6 Å². The van der Waals surface area contributed by atoms with Crippen LogP contribution in [0.25, 0.3) is 0 Å². The number of ether oxygens (including phenoxy) is 3. The van der Waals surface area contributed by atoms with E-state index in [4.69, 9.17) is 14.2 Å². The molecule has 2 saturated heterocycles. The SMILES string of the molecule is CC(C)(C)OC(=O)N1C[C@]2(OCCCC2=O)OC1=O. The van der Waals surface area contributed by atoms with Gasteiger partial charge in [0, 0.05) is 6.42 Å². The maximum atomic E-state index is 11.8. The van der Waals surface area contributed by atoms with E-state index in [1.807, 2.05) is 0 Å². The molecule has 1 atom stereocenters. The molecule has 19 heavy (non-hydrogen) atoms. The number of Topliss-reactive ketones (excluding diaryl/α,β-unsaturated/α-hetero) is 1. The Morgan fingerprint density at radius 2 is 2.05 bits per heavy atom. The largest absolute Gasteiger partial charge is 0.443 e. The Morgan fingerprint density at radius 3 is 2.63 bits per heavy atom. The summed E-state index contributed by atoms with van der Waals surface area (Å²) in [5, 5.41) is 0. The molecular weight excluding hydrogens is 254 g/mol. The molecule has 2 fully saturated rings. The van der Waals surface area contributed by atoms with E-state index >= 15 is 0 Å². The van der Waals surface area contributed by atoms with Crippen molar-refractivity contribution < 1.29 is 28.6 Å². The van der Waals surface area contributed by atoms with E-state index in [1.54, 1.807) is 20.8 Å². The number of nitrogens with zero attached hydrogens (tertiary/aromatic N) is 1. The van der Waals surface area contributed by atoms with Crippen LogP contribution in [0, 0.1) is 0 Å². The molecule has 0 aromatic rings. The molecule has 2 amide bonds. The van der Waals surface area contributed by atoms with Crippen LogP contribution in [0.5, 0.6) is 0 Å². The van der Waals surface area contributed by atoms with Crippen molar-refractivity contribution in [1.82, 2.24) is 4.90 Å². The summed E-state index contributed by atoms with van der Waals surface area (Å²) in [4.78, 5) is 36.1. The number of rotatable bonds is 0. The predicted octanol–water partition coefficient (Wildman–Crippen LogP) is 1.45. The van der Waals surface area contributed by atoms with Crippen molar-refractivity contribution in [2.75, 3.05) is 13.2 Å². The third-order valence-corrected chi connectivity index (χ3v) is 2.76. The van der Waals surface area contributed by atoms with Crippen molar-refractivity contribution in [1.29, 1.82) is 0 Å². The molecule has 0 aromatic heterocycles. The number of carbonyl (C=O) groups is 3. The average molecular weight is 271 g/mol. The van der Waals surface area contributed by atoms with Crippen molar-refractivity contribution in [3.8, 4) is 0 Å². The number of hydrogen-bond acceptors (Lipinski definition) is 6. The lowest BCUT2D eigenvalue weighted by molar-refractivity contribution is -0.200. The maximum Gasteiger partial charge on any atom is 0.422 e. The highest BCUT2D eigenvalue weighted by Crippen LogP contribution is 2.31. The highest BCUT2D eigenvalue weighted by Gasteiger charge is 2.55. The van der Waals surface area contributed by atoms with E-state index in [-0.39, 0.29) is 18.7 Å². The first-order valence-corrected chi connectivity index (χ1v) is 6.14. The summed E-state index contributed by atoms with van der Waals surface area (Å²) in [6, 6.07) is 0. The molecule has 1 spiro atoms. The van der Waals surface area contributed by atoms with Crippen LogP contribution in [-0.4, -0.2) is 47.4 Å². The molecule has 0 radical (unpaired) electrons. The van der Waals surface area contributed by atoms with Gasteiger partial charge in [-0.2, -0.15) is 0 Å². The Hall–Kier alpha value is -1.63. The van der Waals surface area contributed by atoms with Crippen molar-refractivity contribution in [2.45, 2.75) is 45.0 Å². The van der Waals surface area contributed by atoms with Crippen LogP contribution < -0.4 is 0 Å². The van der Waals surface area contributed by atoms with Gasteiger partial charge in [0.05, 0.1) is 6.61 Å². The van der Waals surface area contributed by atoms with Gasteiger partial charge in [-0.1, -0.05) is 0 Å². The van der Waals surface area contributed by atoms with Crippen LogP contribution in [0.3, 0.4) is 0 Å². The molecule has 0 aliphatic carbocycles. The van der Waals surface area contributed by atoms with Gasteiger partial charge in [0.1, 0.15) is 12.1 Å². The van der Waals surface area contributed by atoms with Gasteiger partial charge >= 0.3 is 12.2 Å². The number of ketones is 1. The Labute approximate surface area is 110 Å². The minimum atomic E-state index is -1.63. The molecule has 106 valence electrons. The predicted molar refractivity (Wildman–Crippen MR) is 62.3 cm³/mol. The number of imide groups is 1. The van der Waals surface area contributed by atoms with Crippen molar-refractivity contribution in [3.63, 3.8) is 0 Å². The standard InChI is InChI=1S/C12H17NO6/c1-11(2,3)18-9(15)13-7-12(19-10(13)16)8(14)5-4-6-17-12/h4-7H2,1-3H3/t12-/m0/s1. The molecule has 2 rings (SSSR count). The van der Waals surface area contributed by atoms with Crippen molar-refractivity contribution in [3.05, 3.63) is 0 Å². The van der Waals surface area contributed by atoms with E-state index in [1.165, 1.54) is 0 Å². The van der Waals surface area contributed by atoms with Crippen LogP contribution in [0.4, 0.5) is 9.59 Å². The van der Waals surface area contributed by atoms with E-state index in [0.29, 0.717) is 13.0 Å². The van der Waals surface area contributed by atoms with Crippen LogP contribution in [-0.2, 0) is 19.0 Å². The fraction of sp³-hybridized carbons (Fsp3) is 0.750. The second-order valence-electron chi connectivity index (χ2n) is 5.56. The Kier molecular flexibility index (Phi) is 3.25. The molecule has 0 unspecified atom stereocenters. The van der Waals surface area contributed by atoms with E-state index < -0.39 is 23.6 Å². The quantitative estimate of drug-likeness (QED) is 0.663. The Balaban J connectivity index is 2.11. The van der Waals surface area contributed by atoms with Crippen LogP contribution in [0.15, 0.2) is 0 Å². The fourth-order valence-electron chi connectivity index (χ4n) is 1.92. The van der Waals surface area contributed by atoms with Gasteiger partial charge in [0.2, 0.25) is 5.78 Å². The van der Waals surface area contributed by atoms with Crippen molar-refractivity contribution in [2.24, 2.45) is 0 Å². The molecule has 7 nitrogen and oxygen atoms in total. The highest BCUT2D eigenvalue weighted by atomic mass is 16.7. The molecule has 2 heterocycles. The molecule has 0 bridgehead atoms. The molecule has 2 aliphatic heterocycles.